The second-order valence-electron chi connectivity index (χ2n) is 8.00. The standard InChI is InChI=1S/C21H31N5O3/c1-16(15-28-2)26-19(23-18-5-4-8-22-21(18)26)6-3-7-20(27)25-13-17(14-25)24-9-11-29-12-10-24/h4-5,8,16-17H,3,6-7,9-15H2,1-2H3/t16-/m1/s1. The van der Waals surface area contributed by atoms with E-state index in [1.54, 1.807) is 13.3 Å². The molecule has 1 amide bonds. The first kappa shape index (κ1) is 20.3. The number of likely N-dealkylation sites (tertiary alicyclic amines) is 1. The zero-order valence-electron chi connectivity index (χ0n) is 17.4. The van der Waals surface area contributed by atoms with E-state index in [2.05, 4.69) is 21.4 Å². The molecule has 0 spiro atoms. The molecule has 2 aromatic rings. The summed E-state index contributed by atoms with van der Waals surface area (Å²) < 4.78 is 12.9. The zero-order chi connectivity index (χ0) is 20.2. The van der Waals surface area contributed by atoms with E-state index in [1.807, 2.05) is 17.0 Å². The topological polar surface area (TPSA) is 72.7 Å². The van der Waals surface area contributed by atoms with Gasteiger partial charge in [-0.25, -0.2) is 9.97 Å². The number of nitrogens with zero attached hydrogens (tertiary/aromatic N) is 5. The fourth-order valence-corrected chi connectivity index (χ4v) is 4.32. The number of carbonyl (C=O) groups excluding carboxylic acids is 1. The summed E-state index contributed by atoms with van der Waals surface area (Å²) in [5.41, 5.74) is 1.78. The van der Waals surface area contributed by atoms with Gasteiger partial charge in [-0.15, -0.1) is 0 Å². The Morgan fingerprint density at radius 3 is 2.90 bits per heavy atom. The van der Waals surface area contributed by atoms with Crippen molar-refractivity contribution in [2.45, 2.75) is 38.3 Å². The molecular formula is C21H31N5O3. The van der Waals surface area contributed by atoms with E-state index >= 15 is 0 Å². The number of fused-ring (bicyclic) bond motifs is 1. The van der Waals surface area contributed by atoms with Gasteiger partial charge in [0.2, 0.25) is 5.91 Å². The number of rotatable bonds is 8. The van der Waals surface area contributed by atoms with Crippen LogP contribution in [-0.4, -0.2) is 89.4 Å². The van der Waals surface area contributed by atoms with Crippen LogP contribution in [0, 0.1) is 0 Å². The average molecular weight is 402 g/mol. The van der Waals surface area contributed by atoms with Crippen LogP contribution in [0.25, 0.3) is 11.2 Å². The van der Waals surface area contributed by atoms with Crippen molar-refractivity contribution in [3.8, 4) is 0 Å². The summed E-state index contributed by atoms with van der Waals surface area (Å²) in [4.78, 5) is 26.3. The highest BCUT2D eigenvalue weighted by Gasteiger charge is 2.34. The number of carbonyl (C=O) groups is 1. The number of hydrogen-bond donors (Lipinski definition) is 0. The van der Waals surface area contributed by atoms with E-state index in [-0.39, 0.29) is 11.9 Å². The molecule has 2 aromatic heterocycles. The highest BCUT2D eigenvalue weighted by molar-refractivity contribution is 5.77. The van der Waals surface area contributed by atoms with Crippen LogP contribution in [0.1, 0.15) is 31.6 Å². The Kier molecular flexibility index (Phi) is 6.42. The van der Waals surface area contributed by atoms with Crippen LogP contribution in [-0.2, 0) is 20.7 Å². The second-order valence-corrected chi connectivity index (χ2v) is 8.00. The monoisotopic (exact) mass is 401 g/mol. The fourth-order valence-electron chi connectivity index (χ4n) is 4.32. The zero-order valence-corrected chi connectivity index (χ0v) is 17.4. The third-order valence-corrected chi connectivity index (χ3v) is 5.94. The van der Waals surface area contributed by atoms with Crippen LogP contribution in [0.15, 0.2) is 18.3 Å². The number of amides is 1. The molecule has 1 atom stereocenters. The average Bonchev–Trinajstić information content (AvgIpc) is 3.06. The van der Waals surface area contributed by atoms with Crippen molar-refractivity contribution in [2.24, 2.45) is 0 Å². The molecule has 4 heterocycles. The number of aryl methyl sites for hydroxylation is 1. The maximum absolute atomic E-state index is 12.6. The molecule has 8 nitrogen and oxygen atoms in total. The van der Waals surface area contributed by atoms with Gasteiger partial charge in [-0.2, -0.15) is 0 Å². The number of methoxy groups -OCH3 is 1. The van der Waals surface area contributed by atoms with Crippen molar-refractivity contribution < 1.29 is 14.3 Å². The van der Waals surface area contributed by atoms with Gasteiger partial charge in [0.25, 0.3) is 0 Å². The first-order valence-corrected chi connectivity index (χ1v) is 10.6. The highest BCUT2D eigenvalue weighted by atomic mass is 16.5. The summed E-state index contributed by atoms with van der Waals surface area (Å²) in [5, 5.41) is 0. The lowest BCUT2D eigenvalue weighted by molar-refractivity contribution is -0.140. The highest BCUT2D eigenvalue weighted by Crippen LogP contribution is 2.22. The summed E-state index contributed by atoms with van der Waals surface area (Å²) >= 11 is 0. The van der Waals surface area contributed by atoms with Crippen LogP contribution >= 0.6 is 0 Å². The Bertz CT molecular complexity index is 827. The molecule has 0 N–H and O–H groups in total. The molecule has 4 rings (SSSR count). The van der Waals surface area contributed by atoms with Gasteiger partial charge in [-0.3, -0.25) is 9.69 Å². The van der Waals surface area contributed by atoms with Crippen LogP contribution in [0.5, 0.6) is 0 Å². The largest absolute Gasteiger partial charge is 0.383 e. The molecule has 2 saturated heterocycles. The molecule has 29 heavy (non-hydrogen) atoms. The summed E-state index contributed by atoms with van der Waals surface area (Å²) in [6.45, 7) is 8.00. The first-order valence-electron chi connectivity index (χ1n) is 10.6. The normalized spacial score (nSPS) is 19.4. The molecule has 0 radical (unpaired) electrons. The van der Waals surface area contributed by atoms with Gasteiger partial charge in [0.05, 0.1) is 25.9 Å². The van der Waals surface area contributed by atoms with Gasteiger partial charge in [-0.05, 0) is 25.5 Å². The summed E-state index contributed by atoms with van der Waals surface area (Å²) in [6, 6.07) is 4.55. The van der Waals surface area contributed by atoms with Gasteiger partial charge in [0.15, 0.2) is 5.65 Å². The number of imidazole rings is 1. The summed E-state index contributed by atoms with van der Waals surface area (Å²) in [6.07, 6.45) is 3.91. The minimum Gasteiger partial charge on any atom is -0.383 e. The molecule has 0 bridgehead atoms. The number of ether oxygens (including phenoxy) is 2. The molecule has 0 saturated carbocycles. The third-order valence-electron chi connectivity index (χ3n) is 5.94. The van der Waals surface area contributed by atoms with Crippen molar-refractivity contribution in [3.63, 3.8) is 0 Å². The second kappa shape index (κ2) is 9.19. The van der Waals surface area contributed by atoms with Crippen molar-refractivity contribution in [1.29, 1.82) is 0 Å². The van der Waals surface area contributed by atoms with Gasteiger partial charge in [-0.1, -0.05) is 0 Å². The van der Waals surface area contributed by atoms with Crippen molar-refractivity contribution in [2.75, 3.05) is 53.1 Å². The maximum Gasteiger partial charge on any atom is 0.222 e. The Labute approximate surface area is 171 Å². The molecule has 2 aliphatic heterocycles. The number of hydrogen-bond acceptors (Lipinski definition) is 6. The Morgan fingerprint density at radius 1 is 1.34 bits per heavy atom. The third kappa shape index (κ3) is 4.44. The quantitative estimate of drug-likeness (QED) is 0.668. The van der Waals surface area contributed by atoms with E-state index in [0.717, 1.165) is 69.2 Å². The fraction of sp³-hybridized carbons (Fsp3) is 0.667. The smallest absolute Gasteiger partial charge is 0.222 e. The van der Waals surface area contributed by atoms with Gasteiger partial charge in [0, 0.05) is 58.4 Å². The lowest BCUT2D eigenvalue weighted by Crippen LogP contribution is -2.62. The maximum atomic E-state index is 12.6. The van der Waals surface area contributed by atoms with E-state index < -0.39 is 0 Å². The predicted octanol–water partition coefficient (Wildman–Crippen LogP) is 1.50. The van der Waals surface area contributed by atoms with Crippen LogP contribution in [0.4, 0.5) is 0 Å². The molecule has 2 fully saturated rings. The van der Waals surface area contributed by atoms with Crippen LogP contribution in [0.3, 0.4) is 0 Å². The molecule has 0 aliphatic carbocycles. The van der Waals surface area contributed by atoms with Gasteiger partial charge < -0.3 is 18.9 Å². The molecule has 8 heteroatoms. The minimum atomic E-state index is 0.148. The lowest BCUT2D eigenvalue weighted by Gasteiger charge is -2.46. The van der Waals surface area contributed by atoms with E-state index in [4.69, 9.17) is 14.5 Å². The van der Waals surface area contributed by atoms with Gasteiger partial charge >= 0.3 is 0 Å². The van der Waals surface area contributed by atoms with Crippen molar-refractivity contribution >= 4 is 17.1 Å². The van der Waals surface area contributed by atoms with Gasteiger partial charge in [0.1, 0.15) is 11.3 Å². The van der Waals surface area contributed by atoms with Crippen molar-refractivity contribution in [3.05, 3.63) is 24.2 Å². The SMILES string of the molecule is COC[C@@H](C)n1c(CCCC(=O)N2CC(N3CCOCC3)C2)nc2cccnc21. The molecule has 0 unspecified atom stereocenters. The molecular weight excluding hydrogens is 370 g/mol. The number of aromatic nitrogens is 3. The van der Waals surface area contributed by atoms with Crippen LogP contribution in [0.2, 0.25) is 0 Å². The van der Waals surface area contributed by atoms with Crippen LogP contribution < -0.4 is 0 Å². The van der Waals surface area contributed by atoms with E-state index in [1.165, 1.54) is 0 Å². The molecule has 2 aliphatic rings. The summed E-state index contributed by atoms with van der Waals surface area (Å²) in [5.74, 6) is 1.23. The van der Waals surface area contributed by atoms with E-state index in [9.17, 15) is 4.79 Å². The number of pyridine rings is 1. The van der Waals surface area contributed by atoms with Crippen molar-refractivity contribution in [1.82, 2.24) is 24.3 Å². The molecule has 0 aromatic carbocycles. The number of morpholine rings is 1. The first-order chi connectivity index (χ1) is 14.2. The molecule has 158 valence electrons. The Morgan fingerprint density at radius 2 is 2.14 bits per heavy atom. The van der Waals surface area contributed by atoms with E-state index in [0.29, 0.717) is 19.1 Å². The minimum absolute atomic E-state index is 0.148. The Balaban J connectivity index is 1.31. The summed E-state index contributed by atoms with van der Waals surface area (Å²) in [7, 11) is 1.71. The predicted molar refractivity (Wildman–Crippen MR) is 110 cm³/mol. The Hall–Kier alpha value is -2.03. The lowest BCUT2D eigenvalue weighted by atomic mass is 10.1.